The van der Waals surface area contributed by atoms with Crippen molar-refractivity contribution in [2.45, 2.75) is 13.8 Å². The Balaban J connectivity index is 2.42. The summed E-state index contributed by atoms with van der Waals surface area (Å²) in [6.45, 7) is 4.17. The Morgan fingerprint density at radius 3 is 2.55 bits per heavy atom. The van der Waals surface area contributed by atoms with Gasteiger partial charge in [-0.15, -0.1) is 0 Å². The Bertz CT molecular complexity index is 877. The summed E-state index contributed by atoms with van der Waals surface area (Å²) in [4.78, 5) is 3.17. The van der Waals surface area contributed by atoms with Crippen molar-refractivity contribution in [3.05, 3.63) is 56.3 Å². The summed E-state index contributed by atoms with van der Waals surface area (Å²) in [5, 5.41) is 1.04. The van der Waals surface area contributed by atoms with Crippen molar-refractivity contribution >= 4 is 46.5 Å². The molecule has 0 atom stereocenters. The van der Waals surface area contributed by atoms with Gasteiger partial charge in [-0.2, -0.15) is 0 Å². The Kier molecular flexibility index (Phi) is 3.36. The molecule has 0 fully saturated rings. The van der Waals surface area contributed by atoms with Crippen LogP contribution in [-0.4, -0.2) is 9.55 Å². The molecule has 3 aromatic rings. The van der Waals surface area contributed by atoms with Crippen LogP contribution in [0.25, 0.3) is 16.7 Å². The average molecular weight is 323 g/mol. The summed E-state index contributed by atoms with van der Waals surface area (Å²) in [5.41, 5.74) is 5.28. The van der Waals surface area contributed by atoms with Gasteiger partial charge in [-0.1, -0.05) is 35.3 Å². The van der Waals surface area contributed by atoms with E-state index in [9.17, 15) is 0 Å². The van der Waals surface area contributed by atoms with E-state index in [2.05, 4.69) is 24.9 Å². The Labute approximate surface area is 132 Å². The molecule has 0 radical (unpaired) electrons. The highest BCUT2D eigenvalue weighted by Crippen LogP contribution is 2.30. The van der Waals surface area contributed by atoms with E-state index in [1.165, 1.54) is 11.1 Å². The van der Waals surface area contributed by atoms with Gasteiger partial charge in [0.1, 0.15) is 0 Å². The lowest BCUT2D eigenvalue weighted by atomic mass is 10.1. The van der Waals surface area contributed by atoms with E-state index in [-0.39, 0.29) is 0 Å². The molecule has 2 aromatic carbocycles. The van der Waals surface area contributed by atoms with Gasteiger partial charge in [-0.25, -0.2) is 0 Å². The smallest absolute Gasteiger partial charge is 0.182 e. The first-order valence-corrected chi connectivity index (χ1v) is 7.32. The van der Waals surface area contributed by atoms with Crippen LogP contribution in [-0.2, 0) is 0 Å². The molecule has 102 valence electrons. The average Bonchev–Trinajstić information content (AvgIpc) is 2.69. The number of nitrogens with one attached hydrogen (secondary N) is 1. The molecule has 3 rings (SSSR count). The second-order valence-electron chi connectivity index (χ2n) is 4.77. The number of nitrogens with zero attached hydrogens (tertiary/aromatic N) is 1. The second kappa shape index (κ2) is 4.92. The van der Waals surface area contributed by atoms with Crippen LogP contribution < -0.4 is 0 Å². The molecular formula is C15H12Cl2N2S. The summed E-state index contributed by atoms with van der Waals surface area (Å²) in [5.74, 6) is 0. The topological polar surface area (TPSA) is 20.7 Å². The van der Waals surface area contributed by atoms with E-state index < -0.39 is 0 Å². The van der Waals surface area contributed by atoms with Crippen molar-refractivity contribution in [2.24, 2.45) is 0 Å². The van der Waals surface area contributed by atoms with Gasteiger partial charge in [0, 0.05) is 0 Å². The zero-order chi connectivity index (χ0) is 14.4. The van der Waals surface area contributed by atoms with E-state index in [1.54, 1.807) is 6.07 Å². The predicted molar refractivity (Wildman–Crippen MR) is 88.0 cm³/mol. The summed E-state index contributed by atoms with van der Waals surface area (Å²) in [6, 6.07) is 9.80. The summed E-state index contributed by atoms with van der Waals surface area (Å²) >= 11 is 17.6. The van der Waals surface area contributed by atoms with Gasteiger partial charge in [0.15, 0.2) is 4.77 Å². The molecule has 1 N–H and O–H groups in total. The predicted octanol–water partition coefficient (Wildman–Crippen LogP) is 5.61. The number of benzene rings is 2. The van der Waals surface area contributed by atoms with E-state index >= 15 is 0 Å². The summed E-state index contributed by atoms with van der Waals surface area (Å²) in [6.07, 6.45) is 0. The first-order chi connectivity index (χ1) is 9.49. The molecule has 0 saturated carbocycles. The number of hydrogen-bond acceptors (Lipinski definition) is 1. The molecule has 0 aliphatic carbocycles. The van der Waals surface area contributed by atoms with Crippen LogP contribution in [0.4, 0.5) is 0 Å². The van der Waals surface area contributed by atoms with Crippen molar-refractivity contribution in [3.8, 4) is 5.69 Å². The van der Waals surface area contributed by atoms with Crippen LogP contribution >= 0.6 is 35.4 Å². The number of rotatable bonds is 1. The zero-order valence-electron chi connectivity index (χ0n) is 11.0. The summed E-state index contributed by atoms with van der Waals surface area (Å²) in [7, 11) is 0. The number of aryl methyl sites for hydroxylation is 1. The van der Waals surface area contributed by atoms with E-state index in [0.29, 0.717) is 14.8 Å². The van der Waals surface area contributed by atoms with Gasteiger partial charge in [-0.3, -0.25) is 4.57 Å². The van der Waals surface area contributed by atoms with Gasteiger partial charge < -0.3 is 4.98 Å². The SMILES string of the molecule is Cc1cccc(-n2c(=S)[nH]c3cc(Cl)c(Cl)cc32)c1C. The maximum absolute atomic E-state index is 6.13. The van der Waals surface area contributed by atoms with Crippen LogP contribution in [0, 0.1) is 18.6 Å². The second-order valence-corrected chi connectivity index (χ2v) is 5.97. The molecule has 0 spiro atoms. The number of imidazole rings is 1. The fourth-order valence-corrected chi connectivity index (χ4v) is 2.95. The first kappa shape index (κ1) is 13.7. The van der Waals surface area contributed by atoms with E-state index in [4.69, 9.17) is 35.4 Å². The maximum atomic E-state index is 6.13. The van der Waals surface area contributed by atoms with Gasteiger partial charge in [-0.05, 0) is 55.4 Å². The molecule has 0 aliphatic rings. The molecule has 2 nitrogen and oxygen atoms in total. The van der Waals surface area contributed by atoms with Crippen LogP contribution in [0.15, 0.2) is 30.3 Å². The third-order valence-electron chi connectivity index (χ3n) is 3.54. The van der Waals surface area contributed by atoms with Crippen molar-refractivity contribution in [3.63, 3.8) is 0 Å². The number of aromatic amines is 1. The van der Waals surface area contributed by atoms with Crippen LogP contribution in [0.2, 0.25) is 10.0 Å². The van der Waals surface area contributed by atoms with Crippen LogP contribution in [0.1, 0.15) is 11.1 Å². The normalized spacial score (nSPS) is 11.2. The van der Waals surface area contributed by atoms with E-state index in [0.717, 1.165) is 16.7 Å². The number of aromatic nitrogens is 2. The molecule has 1 aromatic heterocycles. The van der Waals surface area contributed by atoms with Gasteiger partial charge in [0.2, 0.25) is 0 Å². The third kappa shape index (κ3) is 2.06. The number of fused-ring (bicyclic) bond motifs is 1. The summed E-state index contributed by atoms with van der Waals surface area (Å²) < 4.78 is 2.63. The van der Waals surface area contributed by atoms with Gasteiger partial charge >= 0.3 is 0 Å². The van der Waals surface area contributed by atoms with Gasteiger partial charge in [0.05, 0.1) is 26.8 Å². The molecule has 0 unspecified atom stereocenters. The fraction of sp³-hybridized carbons (Fsp3) is 0.133. The number of H-pyrrole nitrogens is 1. The molecule has 5 heteroatoms. The van der Waals surface area contributed by atoms with Crippen LogP contribution in [0.3, 0.4) is 0 Å². The standard InChI is InChI=1S/C15H12Cl2N2S/c1-8-4-3-5-13(9(8)2)19-14-7-11(17)10(16)6-12(14)18-15(19)20/h3-7H,1-2H3,(H,18,20). The van der Waals surface area contributed by atoms with Crippen molar-refractivity contribution < 1.29 is 0 Å². The van der Waals surface area contributed by atoms with Crippen molar-refractivity contribution in [1.29, 1.82) is 0 Å². The minimum atomic E-state index is 0.517. The zero-order valence-corrected chi connectivity index (χ0v) is 13.3. The molecule has 0 bridgehead atoms. The van der Waals surface area contributed by atoms with Crippen LogP contribution in [0.5, 0.6) is 0 Å². The van der Waals surface area contributed by atoms with E-state index in [1.807, 2.05) is 22.8 Å². The lowest BCUT2D eigenvalue weighted by Crippen LogP contribution is -1.98. The number of hydrogen-bond donors (Lipinski definition) is 1. The van der Waals surface area contributed by atoms with Crippen molar-refractivity contribution in [1.82, 2.24) is 9.55 Å². The highest BCUT2D eigenvalue weighted by atomic mass is 35.5. The quantitative estimate of drug-likeness (QED) is 0.577. The fourth-order valence-electron chi connectivity index (χ4n) is 2.32. The first-order valence-electron chi connectivity index (χ1n) is 6.15. The Hall–Kier alpha value is -1.29. The van der Waals surface area contributed by atoms with Gasteiger partial charge in [0.25, 0.3) is 0 Å². The Morgan fingerprint density at radius 2 is 1.80 bits per heavy atom. The molecule has 0 amide bonds. The third-order valence-corrected chi connectivity index (χ3v) is 4.55. The monoisotopic (exact) mass is 322 g/mol. The Morgan fingerprint density at radius 1 is 1.10 bits per heavy atom. The molecule has 1 heterocycles. The highest BCUT2D eigenvalue weighted by molar-refractivity contribution is 7.71. The molecule has 20 heavy (non-hydrogen) atoms. The van der Waals surface area contributed by atoms with Crippen molar-refractivity contribution in [2.75, 3.05) is 0 Å². The minimum Gasteiger partial charge on any atom is -0.330 e. The largest absolute Gasteiger partial charge is 0.330 e. The highest BCUT2D eigenvalue weighted by Gasteiger charge is 2.11. The maximum Gasteiger partial charge on any atom is 0.182 e. The minimum absolute atomic E-state index is 0.517. The lowest BCUT2D eigenvalue weighted by molar-refractivity contribution is 1.04. The molecule has 0 saturated heterocycles. The molecule has 0 aliphatic heterocycles. The lowest BCUT2D eigenvalue weighted by Gasteiger charge is -2.11. The number of halogens is 2. The molecular weight excluding hydrogens is 311 g/mol.